The zero-order chi connectivity index (χ0) is 28.4. The maximum atomic E-state index is 13.3. The van der Waals surface area contributed by atoms with E-state index >= 15 is 0 Å². The van der Waals surface area contributed by atoms with Crippen LogP contribution in [0.25, 0.3) is 0 Å². The maximum absolute atomic E-state index is 13.3. The fourth-order valence-corrected chi connectivity index (χ4v) is 5.71. The van der Waals surface area contributed by atoms with Gasteiger partial charge in [0.15, 0.2) is 6.61 Å². The number of halogens is 1. The molecule has 2 amide bonds. The fraction of sp³-hybridized carbons (Fsp3) is 0.250. The van der Waals surface area contributed by atoms with Crippen molar-refractivity contribution in [1.82, 2.24) is 10.7 Å². The van der Waals surface area contributed by atoms with Crippen molar-refractivity contribution in [2.75, 3.05) is 30.6 Å². The Morgan fingerprint density at radius 1 is 1.05 bits per heavy atom. The monoisotopic (exact) mass is 628 g/mol. The molecule has 3 aromatic rings. The quantitative estimate of drug-likeness (QED) is 0.234. The number of nitrogens with zero attached hydrogens (tertiary/aromatic N) is 2. The lowest BCUT2D eigenvalue weighted by Crippen LogP contribution is -2.39. The van der Waals surface area contributed by atoms with Crippen molar-refractivity contribution in [3.05, 3.63) is 88.9 Å². The Morgan fingerprint density at radius 2 is 1.82 bits per heavy atom. The van der Waals surface area contributed by atoms with Crippen LogP contribution in [0, 0.1) is 0 Å². The van der Waals surface area contributed by atoms with E-state index in [0.29, 0.717) is 28.0 Å². The number of sulfonamides is 1. The second kappa shape index (κ2) is 14.1. The molecule has 2 N–H and O–H groups in total. The first-order valence-electron chi connectivity index (χ1n) is 12.6. The molecule has 0 bridgehead atoms. The summed E-state index contributed by atoms with van der Waals surface area (Å²) in [4.78, 5) is 24.8. The van der Waals surface area contributed by atoms with Gasteiger partial charge in [0, 0.05) is 17.6 Å². The molecule has 1 aliphatic rings. The van der Waals surface area contributed by atoms with Gasteiger partial charge in [-0.2, -0.15) is 5.10 Å². The Balaban J connectivity index is 1.31. The summed E-state index contributed by atoms with van der Waals surface area (Å²) in [6.45, 7) is 0.613. The van der Waals surface area contributed by atoms with Gasteiger partial charge in [-0.3, -0.25) is 13.9 Å². The number of benzene rings is 3. The molecule has 0 spiro atoms. The molecule has 0 radical (unpaired) electrons. The molecular formula is C28H29BrN4O6S. The molecule has 1 atom stereocenters. The number of hydrogen-bond acceptors (Lipinski definition) is 7. The van der Waals surface area contributed by atoms with E-state index in [-0.39, 0.29) is 23.5 Å². The lowest BCUT2D eigenvalue weighted by molar-refractivity contribution is -0.123. The van der Waals surface area contributed by atoms with Gasteiger partial charge in [0.25, 0.3) is 21.8 Å². The molecule has 0 aliphatic carbocycles. The van der Waals surface area contributed by atoms with E-state index in [2.05, 4.69) is 31.8 Å². The predicted octanol–water partition coefficient (Wildman–Crippen LogP) is 3.47. The summed E-state index contributed by atoms with van der Waals surface area (Å²) >= 11 is 3.35. The van der Waals surface area contributed by atoms with E-state index in [1.807, 2.05) is 0 Å². The van der Waals surface area contributed by atoms with Crippen molar-refractivity contribution in [2.45, 2.75) is 23.8 Å². The summed E-state index contributed by atoms with van der Waals surface area (Å²) < 4.78 is 39.4. The van der Waals surface area contributed by atoms with Gasteiger partial charge in [-0.05, 0) is 73.0 Å². The Hall–Kier alpha value is -3.74. The van der Waals surface area contributed by atoms with Gasteiger partial charge in [-0.1, -0.05) is 40.2 Å². The van der Waals surface area contributed by atoms with Crippen molar-refractivity contribution in [2.24, 2.45) is 5.10 Å². The molecule has 0 aromatic heterocycles. The zero-order valence-corrected chi connectivity index (χ0v) is 23.9. The third-order valence-electron chi connectivity index (χ3n) is 5.92. The largest absolute Gasteiger partial charge is 0.484 e. The smallest absolute Gasteiger partial charge is 0.264 e. The minimum Gasteiger partial charge on any atom is -0.484 e. The highest BCUT2D eigenvalue weighted by atomic mass is 79.9. The number of rotatable bonds is 12. The highest BCUT2D eigenvalue weighted by Gasteiger charge is 2.27. The van der Waals surface area contributed by atoms with Crippen LogP contribution in [0.15, 0.2) is 93.3 Å². The van der Waals surface area contributed by atoms with Crippen LogP contribution in [0.4, 0.5) is 5.69 Å². The molecule has 210 valence electrons. The van der Waals surface area contributed by atoms with Gasteiger partial charge >= 0.3 is 0 Å². The lowest BCUT2D eigenvalue weighted by Gasteiger charge is -2.23. The van der Waals surface area contributed by atoms with Gasteiger partial charge in [-0.25, -0.2) is 13.8 Å². The molecule has 1 heterocycles. The van der Waals surface area contributed by atoms with E-state index in [1.54, 1.807) is 66.7 Å². The average molecular weight is 630 g/mol. The Morgan fingerprint density at radius 3 is 2.52 bits per heavy atom. The number of carbonyl (C=O) groups is 2. The van der Waals surface area contributed by atoms with Crippen LogP contribution >= 0.6 is 15.9 Å². The molecule has 3 aromatic carbocycles. The molecule has 1 fully saturated rings. The molecule has 1 saturated heterocycles. The van der Waals surface area contributed by atoms with Crippen LogP contribution < -0.4 is 19.8 Å². The summed E-state index contributed by atoms with van der Waals surface area (Å²) in [5, 5.41) is 6.75. The molecule has 10 nitrogen and oxygen atoms in total. The third-order valence-corrected chi connectivity index (χ3v) is 8.20. The number of anilines is 1. The first-order valence-corrected chi connectivity index (χ1v) is 14.8. The maximum Gasteiger partial charge on any atom is 0.264 e. The van der Waals surface area contributed by atoms with Crippen LogP contribution in [-0.4, -0.2) is 58.9 Å². The third kappa shape index (κ3) is 8.38. The number of amides is 2. The van der Waals surface area contributed by atoms with Crippen LogP contribution in [-0.2, 0) is 24.3 Å². The van der Waals surface area contributed by atoms with Crippen LogP contribution in [0.5, 0.6) is 5.75 Å². The SMILES string of the molecule is O=C(COc1ccc(/C=N\NC(=O)CN(c2cccc(Br)c2)S(=O)(=O)c2ccccc2)cc1)NC[C@H]1CCCO1. The van der Waals surface area contributed by atoms with Crippen LogP contribution in [0.2, 0.25) is 0 Å². The van der Waals surface area contributed by atoms with E-state index < -0.39 is 22.5 Å². The van der Waals surface area contributed by atoms with E-state index in [0.717, 1.165) is 23.8 Å². The van der Waals surface area contributed by atoms with E-state index in [9.17, 15) is 18.0 Å². The first-order chi connectivity index (χ1) is 19.3. The minimum atomic E-state index is -4.02. The number of nitrogens with one attached hydrogen (secondary N) is 2. The second-order valence-electron chi connectivity index (χ2n) is 8.89. The van der Waals surface area contributed by atoms with Gasteiger partial charge < -0.3 is 14.8 Å². The van der Waals surface area contributed by atoms with Gasteiger partial charge in [-0.15, -0.1) is 0 Å². The molecular weight excluding hydrogens is 600 g/mol. The van der Waals surface area contributed by atoms with E-state index in [4.69, 9.17) is 9.47 Å². The first kappa shape index (κ1) is 29.2. The van der Waals surface area contributed by atoms with Crippen LogP contribution in [0.3, 0.4) is 0 Å². The highest BCUT2D eigenvalue weighted by molar-refractivity contribution is 9.10. The lowest BCUT2D eigenvalue weighted by atomic mass is 10.2. The molecule has 12 heteroatoms. The van der Waals surface area contributed by atoms with Crippen molar-refractivity contribution < 1.29 is 27.5 Å². The van der Waals surface area contributed by atoms with Gasteiger partial charge in [0.2, 0.25) is 0 Å². The van der Waals surface area contributed by atoms with E-state index in [1.165, 1.54) is 18.3 Å². The Kier molecular flexibility index (Phi) is 10.3. The van der Waals surface area contributed by atoms with Crippen molar-refractivity contribution >= 4 is 49.7 Å². The van der Waals surface area contributed by atoms with Crippen molar-refractivity contribution in [1.29, 1.82) is 0 Å². The average Bonchev–Trinajstić information content (AvgIpc) is 3.49. The summed E-state index contributed by atoms with van der Waals surface area (Å²) in [6.07, 6.45) is 3.45. The summed E-state index contributed by atoms with van der Waals surface area (Å²) in [6, 6.07) is 21.4. The van der Waals surface area contributed by atoms with Crippen molar-refractivity contribution in [3.8, 4) is 5.75 Å². The van der Waals surface area contributed by atoms with Gasteiger partial charge in [0.1, 0.15) is 12.3 Å². The molecule has 1 aliphatic heterocycles. The second-order valence-corrected chi connectivity index (χ2v) is 11.7. The molecule has 0 unspecified atom stereocenters. The molecule has 40 heavy (non-hydrogen) atoms. The normalized spacial score (nSPS) is 15.1. The number of hydrazone groups is 1. The number of hydrogen-bond donors (Lipinski definition) is 2. The Bertz CT molecular complexity index is 1430. The summed E-state index contributed by atoms with van der Waals surface area (Å²) in [5.74, 6) is -0.344. The summed E-state index contributed by atoms with van der Waals surface area (Å²) in [7, 11) is -4.02. The highest BCUT2D eigenvalue weighted by Crippen LogP contribution is 2.26. The zero-order valence-electron chi connectivity index (χ0n) is 21.5. The topological polar surface area (TPSA) is 126 Å². The van der Waals surface area contributed by atoms with Gasteiger partial charge in [0.05, 0.1) is 22.9 Å². The van der Waals surface area contributed by atoms with Crippen LogP contribution in [0.1, 0.15) is 18.4 Å². The molecule has 4 rings (SSSR count). The van der Waals surface area contributed by atoms with Crippen molar-refractivity contribution in [3.63, 3.8) is 0 Å². The fourth-order valence-electron chi connectivity index (χ4n) is 3.89. The summed E-state index contributed by atoms with van der Waals surface area (Å²) in [5.41, 5.74) is 3.37. The predicted molar refractivity (Wildman–Crippen MR) is 155 cm³/mol. The molecule has 0 saturated carbocycles. The Labute approximate surface area is 241 Å². The minimum absolute atomic E-state index is 0.0638. The number of ether oxygens (including phenoxy) is 2. The standard InChI is InChI=1S/C28H29BrN4O6S/c29-22-6-4-7-23(16-22)33(40(36,37)26-9-2-1-3-10-26)19-27(34)32-31-17-21-11-13-24(14-12-21)39-20-28(35)30-18-25-8-5-15-38-25/h1-4,6-7,9-14,16-17,25H,5,8,15,18-20H2,(H,30,35)(H,32,34)/b31-17-/t25-/m1/s1. The number of carbonyl (C=O) groups excluding carboxylic acids is 2.